The molecule has 0 heterocycles. The largest absolute Gasteiger partial charge is 0.115 e. The highest BCUT2D eigenvalue weighted by molar-refractivity contribution is 6.15. The molecule has 0 aliphatic rings. The molecular weight excluding hydrogens is 215 g/mol. The summed E-state index contributed by atoms with van der Waals surface area (Å²) in [4.78, 5) is 0. The zero-order chi connectivity index (χ0) is 13.0. The van der Waals surface area contributed by atoms with Crippen LogP contribution in [0.15, 0.2) is 54.6 Å². The first kappa shape index (κ1) is 12.9. The van der Waals surface area contributed by atoms with E-state index in [1.54, 1.807) is 0 Å². The van der Waals surface area contributed by atoms with Gasteiger partial charge in [0.2, 0.25) is 0 Å². The smallest absolute Gasteiger partial charge is 0.0652 e. The van der Waals surface area contributed by atoms with Crippen molar-refractivity contribution in [2.75, 3.05) is 0 Å². The van der Waals surface area contributed by atoms with Gasteiger partial charge in [0.05, 0.1) is 0 Å². The fourth-order valence-electron chi connectivity index (χ4n) is 2.35. The van der Waals surface area contributed by atoms with Crippen molar-refractivity contribution < 1.29 is 0 Å². The van der Waals surface area contributed by atoms with Crippen molar-refractivity contribution in [1.29, 1.82) is 0 Å². The Morgan fingerprint density at radius 2 is 1.28 bits per heavy atom. The third-order valence-electron chi connectivity index (χ3n) is 4.25. The Hall–Kier alpha value is -1.50. The highest BCUT2D eigenvalue weighted by Crippen LogP contribution is 2.29. The summed E-state index contributed by atoms with van der Waals surface area (Å²) in [5.41, 5.74) is 4.04. The standard InChI is InChI=1S/C17H21B/c1-3-17(18,4-2)16-12-10-15(11-13-16)14-8-6-5-7-9-14/h5-13H,3-4,18H2,1-2H3. The molecule has 0 saturated carbocycles. The average molecular weight is 236 g/mol. The van der Waals surface area contributed by atoms with Crippen LogP contribution in [0.3, 0.4) is 0 Å². The molecular formula is C17H21B. The Morgan fingerprint density at radius 3 is 1.78 bits per heavy atom. The molecule has 2 rings (SSSR count). The van der Waals surface area contributed by atoms with E-state index in [2.05, 4.69) is 76.3 Å². The minimum atomic E-state index is 0.315. The van der Waals surface area contributed by atoms with Gasteiger partial charge in [0.15, 0.2) is 0 Å². The predicted octanol–water partition coefficient (Wildman–Crippen LogP) is 4.00. The lowest BCUT2D eigenvalue weighted by Crippen LogP contribution is -2.24. The van der Waals surface area contributed by atoms with Crippen molar-refractivity contribution in [3.8, 4) is 11.1 Å². The van der Waals surface area contributed by atoms with Gasteiger partial charge in [0, 0.05) is 0 Å². The summed E-state index contributed by atoms with van der Waals surface area (Å²) >= 11 is 0. The van der Waals surface area contributed by atoms with E-state index in [0.717, 1.165) is 0 Å². The third-order valence-corrected chi connectivity index (χ3v) is 4.25. The molecule has 0 bridgehead atoms. The zero-order valence-corrected chi connectivity index (χ0v) is 11.6. The van der Waals surface area contributed by atoms with E-state index in [0.29, 0.717) is 5.31 Å². The van der Waals surface area contributed by atoms with E-state index in [-0.39, 0.29) is 0 Å². The van der Waals surface area contributed by atoms with Crippen LogP contribution in [0.4, 0.5) is 0 Å². The van der Waals surface area contributed by atoms with Crippen LogP contribution in [-0.4, -0.2) is 7.85 Å². The van der Waals surface area contributed by atoms with E-state index in [1.807, 2.05) is 0 Å². The first-order valence-electron chi connectivity index (χ1n) is 6.85. The number of rotatable bonds is 4. The molecule has 0 nitrogen and oxygen atoms in total. The Kier molecular flexibility index (Phi) is 3.91. The van der Waals surface area contributed by atoms with Crippen molar-refractivity contribution in [2.45, 2.75) is 32.0 Å². The van der Waals surface area contributed by atoms with Gasteiger partial charge in [-0.3, -0.25) is 0 Å². The normalized spacial score (nSPS) is 11.4. The monoisotopic (exact) mass is 236 g/mol. The molecule has 1 heteroatoms. The second kappa shape index (κ2) is 5.43. The summed E-state index contributed by atoms with van der Waals surface area (Å²) in [7, 11) is 2.35. The van der Waals surface area contributed by atoms with Crippen LogP contribution < -0.4 is 0 Å². The summed E-state index contributed by atoms with van der Waals surface area (Å²) in [6.07, 6.45) is 2.38. The Bertz CT molecular complexity index is 481. The van der Waals surface area contributed by atoms with Gasteiger partial charge in [-0.15, -0.1) is 0 Å². The molecule has 0 atom stereocenters. The van der Waals surface area contributed by atoms with E-state index in [9.17, 15) is 0 Å². The van der Waals surface area contributed by atoms with Gasteiger partial charge >= 0.3 is 0 Å². The molecule has 0 spiro atoms. The Morgan fingerprint density at radius 1 is 0.778 bits per heavy atom. The maximum atomic E-state index is 2.35. The summed E-state index contributed by atoms with van der Waals surface area (Å²) < 4.78 is 0. The minimum absolute atomic E-state index is 0.315. The Balaban J connectivity index is 2.31. The van der Waals surface area contributed by atoms with E-state index < -0.39 is 0 Å². The van der Waals surface area contributed by atoms with Gasteiger partial charge in [0.25, 0.3) is 0 Å². The Labute approximate surface area is 111 Å². The second-order valence-electron chi connectivity index (χ2n) is 5.21. The van der Waals surface area contributed by atoms with E-state index >= 15 is 0 Å². The van der Waals surface area contributed by atoms with Crippen molar-refractivity contribution in [1.82, 2.24) is 0 Å². The second-order valence-corrected chi connectivity index (χ2v) is 5.21. The third kappa shape index (κ3) is 2.50. The fraction of sp³-hybridized carbons (Fsp3) is 0.294. The highest BCUT2D eigenvalue weighted by atomic mass is 14.2. The van der Waals surface area contributed by atoms with E-state index in [4.69, 9.17) is 0 Å². The molecule has 92 valence electrons. The summed E-state index contributed by atoms with van der Waals surface area (Å²) in [6, 6.07) is 19.6. The summed E-state index contributed by atoms with van der Waals surface area (Å²) in [5, 5.41) is 0.315. The van der Waals surface area contributed by atoms with E-state index in [1.165, 1.54) is 29.5 Å². The van der Waals surface area contributed by atoms with Gasteiger partial charge < -0.3 is 0 Å². The van der Waals surface area contributed by atoms with Crippen LogP contribution in [0.25, 0.3) is 11.1 Å². The summed E-state index contributed by atoms with van der Waals surface area (Å²) in [6.45, 7) is 4.54. The molecule has 18 heavy (non-hydrogen) atoms. The lowest BCUT2D eigenvalue weighted by atomic mass is 9.61. The first-order valence-corrected chi connectivity index (χ1v) is 6.85. The fourth-order valence-corrected chi connectivity index (χ4v) is 2.35. The molecule has 0 aromatic heterocycles. The number of hydrogen-bond donors (Lipinski definition) is 0. The molecule has 2 aromatic rings. The quantitative estimate of drug-likeness (QED) is 0.704. The van der Waals surface area contributed by atoms with Gasteiger partial charge in [-0.25, -0.2) is 0 Å². The van der Waals surface area contributed by atoms with Gasteiger partial charge in [-0.05, 0) is 22.0 Å². The molecule has 0 unspecified atom stereocenters. The van der Waals surface area contributed by atoms with Crippen LogP contribution in [0.5, 0.6) is 0 Å². The van der Waals surface area contributed by atoms with Crippen molar-refractivity contribution in [3.05, 3.63) is 60.2 Å². The van der Waals surface area contributed by atoms with Gasteiger partial charge in [-0.2, -0.15) is 0 Å². The average Bonchev–Trinajstić information content (AvgIpc) is 2.47. The first-order chi connectivity index (χ1) is 8.69. The van der Waals surface area contributed by atoms with Crippen molar-refractivity contribution >= 4 is 7.85 Å². The van der Waals surface area contributed by atoms with Crippen LogP contribution in [0.2, 0.25) is 0 Å². The maximum absolute atomic E-state index is 2.35. The van der Waals surface area contributed by atoms with Crippen LogP contribution in [0.1, 0.15) is 32.3 Å². The molecule has 0 radical (unpaired) electrons. The molecule has 0 aliphatic heterocycles. The van der Waals surface area contributed by atoms with Crippen LogP contribution in [-0.2, 0) is 5.31 Å². The highest BCUT2D eigenvalue weighted by Gasteiger charge is 2.21. The number of benzene rings is 2. The van der Waals surface area contributed by atoms with Crippen molar-refractivity contribution in [2.24, 2.45) is 0 Å². The lowest BCUT2D eigenvalue weighted by molar-refractivity contribution is 0.565. The lowest BCUT2D eigenvalue weighted by Gasteiger charge is -2.27. The van der Waals surface area contributed by atoms with Gasteiger partial charge in [0.1, 0.15) is 7.85 Å². The SMILES string of the molecule is BC(CC)(CC)c1ccc(-c2ccccc2)cc1. The summed E-state index contributed by atoms with van der Waals surface area (Å²) in [5.74, 6) is 0. The van der Waals surface area contributed by atoms with Gasteiger partial charge in [-0.1, -0.05) is 81.3 Å². The molecule has 0 fully saturated rings. The molecule has 0 saturated heterocycles. The van der Waals surface area contributed by atoms with Crippen molar-refractivity contribution in [3.63, 3.8) is 0 Å². The zero-order valence-electron chi connectivity index (χ0n) is 11.6. The topological polar surface area (TPSA) is 0 Å². The van der Waals surface area contributed by atoms with Crippen LogP contribution in [0, 0.1) is 0 Å². The molecule has 0 amide bonds. The predicted molar refractivity (Wildman–Crippen MR) is 82.7 cm³/mol. The molecule has 0 aliphatic carbocycles. The maximum Gasteiger partial charge on any atom is 0.115 e. The molecule has 0 N–H and O–H groups in total. The minimum Gasteiger partial charge on any atom is -0.0652 e. The van der Waals surface area contributed by atoms with Crippen LogP contribution >= 0.6 is 0 Å². The number of hydrogen-bond acceptors (Lipinski definition) is 0. The molecule has 2 aromatic carbocycles.